The highest BCUT2D eigenvalue weighted by molar-refractivity contribution is 7.17. The number of fused-ring (bicyclic) bond motifs is 2. The molecule has 5 rings (SSSR count). The highest BCUT2D eigenvalue weighted by Crippen LogP contribution is 2.40. The second-order valence-electron chi connectivity index (χ2n) is 10.6. The van der Waals surface area contributed by atoms with E-state index in [2.05, 4.69) is 50.4 Å². The predicted octanol–water partition coefficient (Wildman–Crippen LogP) is 7.72. The van der Waals surface area contributed by atoms with E-state index >= 15 is 0 Å². The number of carbonyl (C=O) groups excluding carboxylic acids is 2. The molecule has 0 fully saturated rings. The molecule has 5 nitrogen and oxygen atoms in total. The number of rotatable bonds is 7. The molecule has 38 heavy (non-hydrogen) atoms. The number of aromatic nitrogens is 1. The lowest BCUT2D eigenvalue weighted by Gasteiger charge is -2.18. The van der Waals surface area contributed by atoms with Gasteiger partial charge in [-0.2, -0.15) is 0 Å². The van der Waals surface area contributed by atoms with Crippen LogP contribution in [0, 0.1) is 11.8 Å². The molecule has 196 valence electrons. The number of thiophene rings is 1. The van der Waals surface area contributed by atoms with Crippen molar-refractivity contribution in [1.29, 1.82) is 0 Å². The summed E-state index contributed by atoms with van der Waals surface area (Å²) in [7, 11) is 0. The molecule has 2 aromatic heterocycles. The highest BCUT2D eigenvalue weighted by atomic mass is 32.1. The Morgan fingerprint density at radius 2 is 1.89 bits per heavy atom. The van der Waals surface area contributed by atoms with Gasteiger partial charge in [-0.25, -0.2) is 9.78 Å². The van der Waals surface area contributed by atoms with E-state index in [0.717, 1.165) is 53.4 Å². The topological polar surface area (TPSA) is 68.3 Å². The third-order valence-electron chi connectivity index (χ3n) is 7.07. The Morgan fingerprint density at radius 3 is 2.63 bits per heavy atom. The normalized spacial score (nSPS) is 14.9. The summed E-state index contributed by atoms with van der Waals surface area (Å²) in [6.07, 6.45) is 3.78. The number of hydrogen-bond acceptors (Lipinski definition) is 5. The molecule has 1 aliphatic carbocycles. The number of pyridine rings is 1. The molecule has 0 saturated heterocycles. The van der Waals surface area contributed by atoms with Gasteiger partial charge in [0.2, 0.25) is 0 Å². The standard InChI is InChI=1S/C32H34N2O3S/c1-5-37-32(36)29-24-15-10-20(4)17-28(24)38-31(29)34-30(35)25-18-27(33-26-9-7-6-8-23(25)26)22-13-11-21(12-14-22)16-19(2)3/h6-9,11-14,18-20H,5,10,15-17H2,1-4H3,(H,34,35). The predicted molar refractivity (Wildman–Crippen MR) is 155 cm³/mol. The summed E-state index contributed by atoms with van der Waals surface area (Å²) in [6.45, 7) is 8.74. The van der Waals surface area contributed by atoms with Crippen LogP contribution >= 0.6 is 11.3 Å². The van der Waals surface area contributed by atoms with E-state index in [4.69, 9.17) is 9.72 Å². The monoisotopic (exact) mass is 526 g/mol. The van der Waals surface area contributed by atoms with Gasteiger partial charge in [0.05, 0.1) is 28.9 Å². The van der Waals surface area contributed by atoms with Crippen LogP contribution in [0.3, 0.4) is 0 Å². The first-order chi connectivity index (χ1) is 18.3. The Kier molecular flexibility index (Phi) is 7.61. The van der Waals surface area contributed by atoms with Crippen molar-refractivity contribution in [2.75, 3.05) is 11.9 Å². The maximum absolute atomic E-state index is 13.8. The van der Waals surface area contributed by atoms with Gasteiger partial charge in [0, 0.05) is 15.8 Å². The first kappa shape index (κ1) is 26.1. The van der Waals surface area contributed by atoms with Gasteiger partial charge in [-0.1, -0.05) is 63.2 Å². The maximum Gasteiger partial charge on any atom is 0.341 e. The second kappa shape index (κ2) is 11.1. The SMILES string of the molecule is CCOC(=O)c1c(NC(=O)c2cc(-c3ccc(CC(C)C)cc3)nc3ccccc23)sc2c1CCC(C)C2. The zero-order valence-corrected chi connectivity index (χ0v) is 23.3. The lowest BCUT2D eigenvalue weighted by molar-refractivity contribution is 0.0526. The average Bonchev–Trinajstić information content (AvgIpc) is 3.25. The van der Waals surface area contributed by atoms with Crippen LogP contribution in [0.5, 0.6) is 0 Å². The number of carbonyl (C=O) groups is 2. The molecular weight excluding hydrogens is 492 g/mol. The van der Waals surface area contributed by atoms with Crippen LogP contribution in [0.15, 0.2) is 54.6 Å². The molecule has 1 aliphatic rings. The fourth-order valence-electron chi connectivity index (χ4n) is 5.22. The molecular formula is C32H34N2O3S. The number of anilines is 1. The Balaban J connectivity index is 1.53. The number of hydrogen-bond donors (Lipinski definition) is 1. The summed E-state index contributed by atoms with van der Waals surface area (Å²) in [5, 5.41) is 4.44. The first-order valence-electron chi connectivity index (χ1n) is 13.5. The summed E-state index contributed by atoms with van der Waals surface area (Å²) in [5.41, 5.74) is 5.83. The van der Waals surface area contributed by atoms with Crippen molar-refractivity contribution in [3.63, 3.8) is 0 Å². The minimum absolute atomic E-state index is 0.251. The van der Waals surface area contributed by atoms with Gasteiger partial charge in [-0.3, -0.25) is 4.79 Å². The van der Waals surface area contributed by atoms with E-state index in [0.29, 0.717) is 34.6 Å². The smallest absolute Gasteiger partial charge is 0.341 e. The third-order valence-corrected chi connectivity index (χ3v) is 8.24. The number of benzene rings is 2. The third kappa shape index (κ3) is 5.37. The Morgan fingerprint density at radius 1 is 1.13 bits per heavy atom. The zero-order chi connectivity index (χ0) is 26.8. The zero-order valence-electron chi connectivity index (χ0n) is 22.5. The molecule has 1 N–H and O–H groups in total. The van der Waals surface area contributed by atoms with Crippen LogP contribution in [0.4, 0.5) is 5.00 Å². The average molecular weight is 527 g/mol. The Labute approximate surface area is 228 Å². The van der Waals surface area contributed by atoms with Crippen molar-refractivity contribution in [3.05, 3.63) is 81.7 Å². The van der Waals surface area contributed by atoms with Crippen LogP contribution in [0.25, 0.3) is 22.2 Å². The minimum Gasteiger partial charge on any atom is -0.462 e. The number of para-hydroxylation sites is 1. The van der Waals surface area contributed by atoms with Crippen LogP contribution in [-0.2, 0) is 24.0 Å². The van der Waals surface area contributed by atoms with Crippen molar-refractivity contribution < 1.29 is 14.3 Å². The van der Waals surface area contributed by atoms with Crippen molar-refractivity contribution in [2.24, 2.45) is 11.8 Å². The number of amides is 1. The fraction of sp³-hybridized carbons (Fsp3) is 0.344. The van der Waals surface area contributed by atoms with Crippen molar-refractivity contribution in [3.8, 4) is 11.3 Å². The summed E-state index contributed by atoms with van der Waals surface area (Å²) in [4.78, 5) is 32.8. The van der Waals surface area contributed by atoms with E-state index < -0.39 is 0 Å². The van der Waals surface area contributed by atoms with E-state index in [1.807, 2.05) is 30.3 Å². The number of ether oxygens (including phenoxy) is 1. The fourth-order valence-corrected chi connectivity index (χ4v) is 6.62. The van der Waals surface area contributed by atoms with Crippen molar-refractivity contribution >= 4 is 39.1 Å². The molecule has 2 heterocycles. The van der Waals surface area contributed by atoms with Gasteiger partial charge in [0.25, 0.3) is 5.91 Å². The molecule has 1 atom stereocenters. The number of nitrogens with zero attached hydrogens (tertiary/aromatic N) is 1. The van der Waals surface area contributed by atoms with Gasteiger partial charge in [-0.05, 0) is 67.7 Å². The second-order valence-corrected chi connectivity index (χ2v) is 11.7. The summed E-state index contributed by atoms with van der Waals surface area (Å²) < 4.78 is 5.39. The molecule has 0 saturated carbocycles. The van der Waals surface area contributed by atoms with Crippen molar-refractivity contribution in [2.45, 2.75) is 53.4 Å². The lowest BCUT2D eigenvalue weighted by atomic mass is 9.88. The number of esters is 1. The van der Waals surface area contributed by atoms with Crippen LogP contribution < -0.4 is 5.32 Å². The van der Waals surface area contributed by atoms with Gasteiger partial charge in [0.1, 0.15) is 5.00 Å². The summed E-state index contributed by atoms with van der Waals surface area (Å²) >= 11 is 1.51. The summed E-state index contributed by atoms with van der Waals surface area (Å²) in [5.74, 6) is 0.522. The summed E-state index contributed by atoms with van der Waals surface area (Å²) in [6, 6.07) is 18.0. The van der Waals surface area contributed by atoms with Crippen LogP contribution in [0.2, 0.25) is 0 Å². The van der Waals surface area contributed by atoms with Crippen molar-refractivity contribution in [1.82, 2.24) is 4.98 Å². The molecule has 0 spiro atoms. The molecule has 2 aromatic carbocycles. The molecule has 0 aliphatic heterocycles. The molecule has 1 amide bonds. The van der Waals surface area contributed by atoms with Gasteiger partial charge < -0.3 is 10.1 Å². The molecule has 4 aromatic rings. The lowest BCUT2D eigenvalue weighted by Crippen LogP contribution is -2.17. The van der Waals surface area contributed by atoms with Crippen LogP contribution in [-0.4, -0.2) is 23.5 Å². The first-order valence-corrected chi connectivity index (χ1v) is 14.3. The van der Waals surface area contributed by atoms with E-state index in [9.17, 15) is 9.59 Å². The number of nitrogens with one attached hydrogen (secondary N) is 1. The molecule has 0 bridgehead atoms. The van der Waals surface area contributed by atoms with E-state index in [1.165, 1.54) is 21.8 Å². The minimum atomic E-state index is -0.364. The van der Waals surface area contributed by atoms with E-state index in [-0.39, 0.29) is 11.9 Å². The Bertz CT molecular complexity index is 1490. The molecule has 0 radical (unpaired) electrons. The largest absolute Gasteiger partial charge is 0.462 e. The maximum atomic E-state index is 13.8. The van der Waals surface area contributed by atoms with Gasteiger partial charge in [-0.15, -0.1) is 11.3 Å². The van der Waals surface area contributed by atoms with E-state index in [1.54, 1.807) is 6.92 Å². The van der Waals surface area contributed by atoms with Crippen LogP contribution in [0.1, 0.15) is 70.8 Å². The Hall–Kier alpha value is -3.51. The van der Waals surface area contributed by atoms with Gasteiger partial charge >= 0.3 is 5.97 Å². The quantitative estimate of drug-likeness (QED) is 0.250. The van der Waals surface area contributed by atoms with Gasteiger partial charge in [0.15, 0.2) is 0 Å². The molecule has 6 heteroatoms. The molecule has 1 unspecified atom stereocenters. The highest BCUT2D eigenvalue weighted by Gasteiger charge is 2.29.